The Balaban J connectivity index is 2.25. The van der Waals surface area contributed by atoms with Gasteiger partial charge in [0.2, 0.25) is 0 Å². The van der Waals surface area contributed by atoms with Crippen molar-refractivity contribution in [2.75, 3.05) is 11.9 Å². The number of nitrogens with zero attached hydrogens (tertiary/aromatic N) is 1. The average molecular weight is 299 g/mol. The molecule has 6 nitrogen and oxygen atoms in total. The van der Waals surface area contributed by atoms with Crippen LogP contribution in [0.1, 0.15) is 34.1 Å². The van der Waals surface area contributed by atoms with E-state index in [1.165, 1.54) is 18.5 Å². The van der Waals surface area contributed by atoms with Crippen LogP contribution < -0.4 is 15.8 Å². The molecule has 0 radical (unpaired) electrons. The second kappa shape index (κ2) is 7.21. The van der Waals surface area contributed by atoms with Crippen LogP contribution in [0.4, 0.5) is 5.69 Å². The van der Waals surface area contributed by atoms with E-state index in [1.54, 1.807) is 24.3 Å². The van der Waals surface area contributed by atoms with Gasteiger partial charge in [0.15, 0.2) is 0 Å². The summed E-state index contributed by atoms with van der Waals surface area (Å²) in [6, 6.07) is 8.45. The van der Waals surface area contributed by atoms with E-state index in [0.717, 1.165) is 6.42 Å². The average Bonchev–Trinajstić information content (AvgIpc) is 2.53. The zero-order valence-electron chi connectivity index (χ0n) is 12.2. The number of carbonyl (C=O) groups excluding carboxylic acids is 2. The molecule has 2 rings (SSSR count). The molecule has 3 N–H and O–H groups in total. The van der Waals surface area contributed by atoms with Gasteiger partial charge in [-0.3, -0.25) is 14.6 Å². The van der Waals surface area contributed by atoms with E-state index in [9.17, 15) is 9.59 Å². The molecule has 0 aliphatic rings. The van der Waals surface area contributed by atoms with Crippen molar-refractivity contribution in [3.63, 3.8) is 0 Å². The molecule has 0 aliphatic heterocycles. The molecule has 2 aromatic rings. The van der Waals surface area contributed by atoms with Crippen LogP contribution in [-0.2, 0) is 0 Å². The van der Waals surface area contributed by atoms with Gasteiger partial charge in [-0.25, -0.2) is 0 Å². The summed E-state index contributed by atoms with van der Waals surface area (Å²) < 4.78 is 5.56. The van der Waals surface area contributed by atoms with Crippen molar-refractivity contribution in [1.82, 2.24) is 4.98 Å². The lowest BCUT2D eigenvalue weighted by molar-refractivity contribution is 0.100. The highest BCUT2D eigenvalue weighted by Gasteiger charge is 2.15. The largest absolute Gasteiger partial charge is 0.493 e. The Morgan fingerprint density at radius 1 is 1.23 bits per heavy atom. The fourth-order valence-corrected chi connectivity index (χ4v) is 1.88. The molecule has 0 aliphatic carbocycles. The van der Waals surface area contributed by atoms with Crippen molar-refractivity contribution in [2.24, 2.45) is 5.73 Å². The lowest BCUT2D eigenvalue weighted by atomic mass is 10.1. The second-order valence-corrected chi connectivity index (χ2v) is 4.58. The zero-order valence-corrected chi connectivity index (χ0v) is 12.2. The van der Waals surface area contributed by atoms with Crippen molar-refractivity contribution in [2.45, 2.75) is 13.3 Å². The Kier molecular flexibility index (Phi) is 5.08. The van der Waals surface area contributed by atoms with Crippen LogP contribution in [0.25, 0.3) is 0 Å². The van der Waals surface area contributed by atoms with E-state index in [0.29, 0.717) is 23.6 Å². The number of anilines is 1. The number of amides is 2. The lowest BCUT2D eigenvalue weighted by Crippen LogP contribution is -2.19. The van der Waals surface area contributed by atoms with Crippen LogP contribution in [0.15, 0.2) is 42.7 Å². The van der Waals surface area contributed by atoms with Gasteiger partial charge < -0.3 is 15.8 Å². The number of hydrogen-bond acceptors (Lipinski definition) is 4. The van der Waals surface area contributed by atoms with Gasteiger partial charge in [-0.2, -0.15) is 0 Å². The SMILES string of the molecule is CCCOc1ccccc1C(=O)Nc1ccncc1C(N)=O. The molecule has 1 aromatic carbocycles. The summed E-state index contributed by atoms with van der Waals surface area (Å²) in [5.41, 5.74) is 6.13. The number of benzene rings is 1. The van der Waals surface area contributed by atoms with E-state index in [4.69, 9.17) is 10.5 Å². The Bertz CT molecular complexity index is 686. The molecule has 0 unspecified atom stereocenters. The maximum absolute atomic E-state index is 12.4. The van der Waals surface area contributed by atoms with Gasteiger partial charge in [-0.1, -0.05) is 19.1 Å². The first-order chi connectivity index (χ1) is 10.6. The normalized spacial score (nSPS) is 10.0. The summed E-state index contributed by atoms with van der Waals surface area (Å²) in [7, 11) is 0. The molecule has 0 saturated heterocycles. The van der Waals surface area contributed by atoms with Gasteiger partial charge in [-0.15, -0.1) is 0 Å². The zero-order chi connectivity index (χ0) is 15.9. The van der Waals surface area contributed by atoms with E-state index >= 15 is 0 Å². The summed E-state index contributed by atoms with van der Waals surface area (Å²) in [5.74, 6) is -0.532. The maximum Gasteiger partial charge on any atom is 0.259 e. The lowest BCUT2D eigenvalue weighted by Gasteiger charge is -2.12. The third-order valence-electron chi connectivity index (χ3n) is 2.93. The fourth-order valence-electron chi connectivity index (χ4n) is 1.88. The van der Waals surface area contributed by atoms with Crippen LogP contribution in [0, 0.1) is 0 Å². The smallest absolute Gasteiger partial charge is 0.259 e. The van der Waals surface area contributed by atoms with Gasteiger partial charge >= 0.3 is 0 Å². The molecular formula is C16H17N3O3. The molecule has 1 aromatic heterocycles. The number of para-hydroxylation sites is 1. The molecule has 0 atom stereocenters. The summed E-state index contributed by atoms with van der Waals surface area (Å²) in [6.07, 6.45) is 3.63. The minimum Gasteiger partial charge on any atom is -0.493 e. The number of nitrogens with one attached hydrogen (secondary N) is 1. The van der Waals surface area contributed by atoms with Gasteiger partial charge in [0.25, 0.3) is 11.8 Å². The standard InChI is InChI=1S/C16H17N3O3/c1-2-9-22-14-6-4-3-5-11(14)16(21)19-13-7-8-18-10-12(13)15(17)20/h3-8,10H,2,9H2,1H3,(H2,17,20)(H,18,19,21). The minimum absolute atomic E-state index is 0.155. The highest BCUT2D eigenvalue weighted by atomic mass is 16.5. The molecule has 0 bridgehead atoms. The summed E-state index contributed by atoms with van der Waals surface area (Å²) in [6.45, 7) is 2.50. The van der Waals surface area contributed by atoms with Gasteiger partial charge in [0.05, 0.1) is 23.4 Å². The van der Waals surface area contributed by atoms with Crippen LogP contribution in [0.2, 0.25) is 0 Å². The Morgan fingerprint density at radius 2 is 2.00 bits per heavy atom. The highest BCUT2D eigenvalue weighted by molar-refractivity contribution is 6.09. The van der Waals surface area contributed by atoms with E-state index in [2.05, 4.69) is 10.3 Å². The summed E-state index contributed by atoms with van der Waals surface area (Å²) in [5, 5.41) is 2.67. The predicted molar refractivity (Wildman–Crippen MR) is 82.9 cm³/mol. The van der Waals surface area contributed by atoms with Crippen molar-refractivity contribution in [3.05, 3.63) is 53.9 Å². The Hall–Kier alpha value is -2.89. The first-order valence-corrected chi connectivity index (χ1v) is 6.90. The molecule has 1 heterocycles. The first kappa shape index (κ1) is 15.5. The van der Waals surface area contributed by atoms with E-state index < -0.39 is 5.91 Å². The number of aromatic nitrogens is 1. The van der Waals surface area contributed by atoms with Gasteiger partial charge in [0.1, 0.15) is 5.75 Å². The molecule has 6 heteroatoms. The van der Waals surface area contributed by atoms with Gasteiger partial charge in [0, 0.05) is 12.4 Å². The van der Waals surface area contributed by atoms with Crippen LogP contribution >= 0.6 is 0 Å². The van der Waals surface area contributed by atoms with Crippen LogP contribution in [0.5, 0.6) is 5.75 Å². The number of hydrogen-bond donors (Lipinski definition) is 2. The molecular weight excluding hydrogens is 282 g/mol. The quantitative estimate of drug-likeness (QED) is 0.855. The number of nitrogens with two attached hydrogens (primary N) is 1. The number of primary amides is 1. The fraction of sp³-hybridized carbons (Fsp3) is 0.188. The van der Waals surface area contributed by atoms with Crippen molar-refractivity contribution in [3.8, 4) is 5.75 Å². The molecule has 22 heavy (non-hydrogen) atoms. The third-order valence-corrected chi connectivity index (χ3v) is 2.93. The Labute approximate surface area is 128 Å². The summed E-state index contributed by atoms with van der Waals surface area (Å²) in [4.78, 5) is 27.6. The van der Waals surface area contributed by atoms with E-state index in [1.807, 2.05) is 6.92 Å². The number of rotatable bonds is 6. The summed E-state index contributed by atoms with van der Waals surface area (Å²) >= 11 is 0. The monoisotopic (exact) mass is 299 g/mol. The first-order valence-electron chi connectivity index (χ1n) is 6.90. The highest BCUT2D eigenvalue weighted by Crippen LogP contribution is 2.21. The Morgan fingerprint density at radius 3 is 2.73 bits per heavy atom. The number of carbonyl (C=O) groups is 2. The second-order valence-electron chi connectivity index (χ2n) is 4.58. The molecule has 0 spiro atoms. The number of ether oxygens (including phenoxy) is 1. The predicted octanol–water partition coefficient (Wildman–Crippen LogP) is 2.22. The van der Waals surface area contributed by atoms with Crippen molar-refractivity contribution >= 4 is 17.5 Å². The van der Waals surface area contributed by atoms with Crippen molar-refractivity contribution < 1.29 is 14.3 Å². The molecule has 2 amide bonds. The van der Waals surface area contributed by atoms with Crippen LogP contribution in [-0.4, -0.2) is 23.4 Å². The molecule has 0 saturated carbocycles. The minimum atomic E-state index is -0.654. The number of pyridine rings is 1. The molecule has 114 valence electrons. The van der Waals surface area contributed by atoms with Crippen LogP contribution in [0.3, 0.4) is 0 Å². The third kappa shape index (κ3) is 3.60. The maximum atomic E-state index is 12.4. The van der Waals surface area contributed by atoms with E-state index in [-0.39, 0.29) is 11.5 Å². The van der Waals surface area contributed by atoms with Crippen molar-refractivity contribution in [1.29, 1.82) is 0 Å². The molecule has 0 fully saturated rings. The van der Waals surface area contributed by atoms with Gasteiger partial charge in [-0.05, 0) is 24.6 Å². The topological polar surface area (TPSA) is 94.3 Å².